The van der Waals surface area contributed by atoms with E-state index in [1.54, 1.807) is 0 Å². The minimum absolute atomic E-state index is 0.342. The van der Waals surface area contributed by atoms with Crippen LogP contribution in [0.25, 0.3) is 10.1 Å². The highest BCUT2D eigenvalue weighted by Crippen LogP contribution is 2.35. The van der Waals surface area contributed by atoms with Gasteiger partial charge in [-0.1, -0.05) is 6.07 Å². The molecule has 1 aromatic heterocycles. The van der Waals surface area contributed by atoms with E-state index < -0.39 is 0 Å². The smallest absolute Gasteiger partial charge is 0.0457 e. The molecular weight excluding hydrogens is 216 g/mol. The number of fused-ring (bicyclic) bond motifs is 1. The molecule has 1 unspecified atom stereocenters. The largest absolute Gasteiger partial charge is 0.369 e. The van der Waals surface area contributed by atoms with Crippen LogP contribution in [0.5, 0.6) is 0 Å². The van der Waals surface area contributed by atoms with Crippen LogP contribution >= 0.6 is 11.3 Å². The van der Waals surface area contributed by atoms with E-state index in [1.165, 1.54) is 21.3 Å². The van der Waals surface area contributed by atoms with Gasteiger partial charge < -0.3 is 10.6 Å². The summed E-state index contributed by atoms with van der Waals surface area (Å²) in [5, 5.41) is 3.66. The minimum atomic E-state index is 0.342. The number of benzene rings is 1. The van der Waals surface area contributed by atoms with Gasteiger partial charge in [0.25, 0.3) is 0 Å². The Morgan fingerprint density at radius 2 is 2.31 bits per heavy atom. The second-order valence-electron chi connectivity index (χ2n) is 4.56. The quantitative estimate of drug-likeness (QED) is 0.819. The number of rotatable bonds is 1. The van der Waals surface area contributed by atoms with Crippen LogP contribution in [0.4, 0.5) is 5.69 Å². The number of aryl methyl sites for hydroxylation is 1. The Balaban J connectivity index is 2.12. The summed E-state index contributed by atoms with van der Waals surface area (Å²) in [5.74, 6) is 0. The number of hydrogen-bond donors (Lipinski definition) is 1. The van der Waals surface area contributed by atoms with Gasteiger partial charge in [-0.15, -0.1) is 11.3 Å². The van der Waals surface area contributed by atoms with Gasteiger partial charge in [-0.25, -0.2) is 0 Å². The molecule has 1 fully saturated rings. The summed E-state index contributed by atoms with van der Waals surface area (Å²) in [6.45, 7) is 4.28. The Labute approximate surface area is 99.7 Å². The maximum absolute atomic E-state index is 5.98. The highest BCUT2D eigenvalue weighted by Gasteiger charge is 2.21. The van der Waals surface area contributed by atoms with Crippen LogP contribution in [-0.4, -0.2) is 19.1 Å². The molecule has 0 bridgehead atoms. The maximum atomic E-state index is 5.98. The van der Waals surface area contributed by atoms with Gasteiger partial charge in [0.15, 0.2) is 0 Å². The van der Waals surface area contributed by atoms with Crippen LogP contribution in [0.15, 0.2) is 23.6 Å². The van der Waals surface area contributed by atoms with Crippen LogP contribution in [0.2, 0.25) is 0 Å². The molecule has 3 heteroatoms. The summed E-state index contributed by atoms with van der Waals surface area (Å²) in [4.78, 5) is 2.42. The topological polar surface area (TPSA) is 29.3 Å². The van der Waals surface area contributed by atoms with Crippen molar-refractivity contribution in [2.45, 2.75) is 19.4 Å². The summed E-state index contributed by atoms with van der Waals surface area (Å²) < 4.78 is 1.38. The van der Waals surface area contributed by atoms with E-state index in [4.69, 9.17) is 5.73 Å². The molecule has 2 heterocycles. The molecule has 1 aliphatic heterocycles. The Bertz CT molecular complexity index is 518. The monoisotopic (exact) mass is 232 g/mol. The molecule has 3 rings (SSSR count). The van der Waals surface area contributed by atoms with Crippen LogP contribution < -0.4 is 10.6 Å². The van der Waals surface area contributed by atoms with Gasteiger partial charge in [0.05, 0.1) is 0 Å². The van der Waals surface area contributed by atoms with E-state index in [-0.39, 0.29) is 0 Å². The molecule has 0 spiro atoms. The fourth-order valence-corrected chi connectivity index (χ4v) is 3.46. The average molecular weight is 232 g/mol. The van der Waals surface area contributed by atoms with Crippen LogP contribution in [0, 0.1) is 6.92 Å². The van der Waals surface area contributed by atoms with Crippen molar-refractivity contribution in [3.8, 4) is 0 Å². The third-order valence-corrected chi connectivity index (χ3v) is 4.39. The molecule has 0 amide bonds. The van der Waals surface area contributed by atoms with E-state index in [9.17, 15) is 0 Å². The van der Waals surface area contributed by atoms with Gasteiger partial charge in [-0.05, 0) is 36.4 Å². The number of nitrogens with two attached hydrogens (primary N) is 1. The molecule has 1 saturated heterocycles. The maximum Gasteiger partial charge on any atom is 0.0457 e. The van der Waals surface area contributed by atoms with E-state index in [0.29, 0.717) is 6.04 Å². The molecule has 0 saturated carbocycles. The Morgan fingerprint density at radius 3 is 3.06 bits per heavy atom. The van der Waals surface area contributed by atoms with Crippen molar-refractivity contribution < 1.29 is 0 Å². The lowest BCUT2D eigenvalue weighted by molar-refractivity contribution is 0.752. The van der Waals surface area contributed by atoms with Crippen molar-refractivity contribution in [1.29, 1.82) is 0 Å². The van der Waals surface area contributed by atoms with Crippen molar-refractivity contribution in [3.05, 3.63) is 29.1 Å². The number of hydrogen-bond acceptors (Lipinski definition) is 3. The molecule has 1 aromatic carbocycles. The zero-order valence-corrected chi connectivity index (χ0v) is 10.3. The molecular formula is C13H16N2S. The van der Waals surface area contributed by atoms with Crippen molar-refractivity contribution in [3.63, 3.8) is 0 Å². The highest BCUT2D eigenvalue weighted by atomic mass is 32.1. The first kappa shape index (κ1) is 10.1. The zero-order valence-electron chi connectivity index (χ0n) is 9.44. The Morgan fingerprint density at radius 1 is 1.44 bits per heavy atom. The molecule has 2 N–H and O–H groups in total. The van der Waals surface area contributed by atoms with Crippen molar-refractivity contribution >= 4 is 27.1 Å². The SMILES string of the molecule is Cc1csc2cccc(N3CCC(N)C3)c12. The molecule has 2 aromatic rings. The van der Waals surface area contributed by atoms with Crippen LogP contribution in [0.3, 0.4) is 0 Å². The zero-order chi connectivity index (χ0) is 11.1. The van der Waals surface area contributed by atoms with Gasteiger partial charge in [0.2, 0.25) is 0 Å². The molecule has 0 aliphatic carbocycles. The number of anilines is 1. The first-order valence-corrected chi connectivity index (χ1v) is 6.61. The van der Waals surface area contributed by atoms with E-state index in [2.05, 4.69) is 35.4 Å². The third kappa shape index (κ3) is 1.51. The summed E-state index contributed by atoms with van der Waals surface area (Å²) in [6, 6.07) is 6.92. The van der Waals surface area contributed by atoms with E-state index in [1.807, 2.05) is 11.3 Å². The predicted molar refractivity (Wildman–Crippen MR) is 71.4 cm³/mol. The van der Waals surface area contributed by atoms with Gasteiger partial charge in [0.1, 0.15) is 0 Å². The third-order valence-electron chi connectivity index (χ3n) is 3.33. The number of nitrogens with zero attached hydrogens (tertiary/aromatic N) is 1. The van der Waals surface area contributed by atoms with Crippen LogP contribution in [-0.2, 0) is 0 Å². The molecule has 0 radical (unpaired) electrons. The van der Waals surface area contributed by atoms with Gasteiger partial charge >= 0.3 is 0 Å². The first-order valence-electron chi connectivity index (χ1n) is 5.73. The van der Waals surface area contributed by atoms with Crippen molar-refractivity contribution in [1.82, 2.24) is 0 Å². The van der Waals surface area contributed by atoms with Crippen molar-refractivity contribution in [2.75, 3.05) is 18.0 Å². The first-order chi connectivity index (χ1) is 7.75. The van der Waals surface area contributed by atoms with Gasteiger partial charge in [-0.2, -0.15) is 0 Å². The standard InChI is InChI=1S/C13H16N2S/c1-9-8-16-12-4-2-3-11(13(9)12)15-6-5-10(14)7-15/h2-4,8,10H,5-7,14H2,1H3. The minimum Gasteiger partial charge on any atom is -0.369 e. The predicted octanol–water partition coefficient (Wildman–Crippen LogP) is 2.75. The van der Waals surface area contributed by atoms with E-state index in [0.717, 1.165) is 19.5 Å². The molecule has 84 valence electrons. The Hall–Kier alpha value is -1.06. The lowest BCUT2D eigenvalue weighted by atomic mass is 10.1. The normalized spacial score (nSPS) is 20.9. The molecule has 1 atom stereocenters. The fourth-order valence-electron chi connectivity index (χ4n) is 2.49. The summed E-state index contributed by atoms with van der Waals surface area (Å²) >= 11 is 1.83. The molecule has 1 aliphatic rings. The lowest BCUT2D eigenvalue weighted by Gasteiger charge is -2.19. The van der Waals surface area contributed by atoms with Crippen LogP contribution in [0.1, 0.15) is 12.0 Å². The Kier molecular flexibility index (Phi) is 2.37. The highest BCUT2D eigenvalue weighted by molar-refractivity contribution is 7.17. The lowest BCUT2D eigenvalue weighted by Crippen LogP contribution is -2.26. The fraction of sp³-hybridized carbons (Fsp3) is 0.385. The summed E-state index contributed by atoms with van der Waals surface area (Å²) in [5.41, 5.74) is 8.73. The summed E-state index contributed by atoms with van der Waals surface area (Å²) in [7, 11) is 0. The van der Waals surface area contributed by atoms with Gasteiger partial charge in [-0.3, -0.25) is 0 Å². The molecule has 16 heavy (non-hydrogen) atoms. The number of thiophene rings is 1. The average Bonchev–Trinajstić information content (AvgIpc) is 2.86. The molecule has 2 nitrogen and oxygen atoms in total. The second-order valence-corrected chi connectivity index (χ2v) is 5.47. The van der Waals surface area contributed by atoms with E-state index >= 15 is 0 Å². The van der Waals surface area contributed by atoms with Crippen molar-refractivity contribution in [2.24, 2.45) is 5.73 Å². The second kappa shape index (κ2) is 3.75. The van der Waals surface area contributed by atoms with Gasteiger partial charge in [0, 0.05) is 34.9 Å². The summed E-state index contributed by atoms with van der Waals surface area (Å²) in [6.07, 6.45) is 1.11.